The molecule has 0 spiro atoms. The smallest absolute Gasteiger partial charge is 0.0406 e. The first-order chi connectivity index (χ1) is 8.19. The fourth-order valence-corrected chi connectivity index (χ4v) is 2.68. The molecule has 1 fully saturated rings. The van der Waals surface area contributed by atoms with Gasteiger partial charge in [0.25, 0.3) is 0 Å². The third-order valence-electron chi connectivity index (χ3n) is 3.72. The van der Waals surface area contributed by atoms with E-state index in [2.05, 4.69) is 24.0 Å². The summed E-state index contributed by atoms with van der Waals surface area (Å²) in [7, 11) is 0. The lowest BCUT2D eigenvalue weighted by Gasteiger charge is -2.36. The van der Waals surface area contributed by atoms with Crippen LogP contribution in [0.5, 0.6) is 0 Å². The molecule has 2 unspecified atom stereocenters. The largest absolute Gasteiger partial charge is 0.327 e. The predicted octanol–water partition coefficient (Wildman–Crippen LogP) is 2.90. The third-order valence-corrected chi connectivity index (χ3v) is 3.97. The van der Waals surface area contributed by atoms with Crippen LogP contribution in [-0.4, -0.2) is 24.0 Å². The van der Waals surface area contributed by atoms with Crippen LogP contribution in [0.2, 0.25) is 5.02 Å². The van der Waals surface area contributed by atoms with Crippen molar-refractivity contribution in [2.24, 2.45) is 11.7 Å². The van der Waals surface area contributed by atoms with Gasteiger partial charge in [-0.1, -0.05) is 37.1 Å². The summed E-state index contributed by atoms with van der Waals surface area (Å²) < 4.78 is 0. The quantitative estimate of drug-likeness (QED) is 0.896. The zero-order valence-corrected chi connectivity index (χ0v) is 11.2. The Balaban J connectivity index is 1.93. The van der Waals surface area contributed by atoms with Crippen LogP contribution in [-0.2, 0) is 6.54 Å². The van der Waals surface area contributed by atoms with E-state index >= 15 is 0 Å². The lowest BCUT2D eigenvalue weighted by atomic mass is 9.90. The van der Waals surface area contributed by atoms with E-state index in [0.717, 1.165) is 31.1 Å². The summed E-state index contributed by atoms with van der Waals surface area (Å²) in [6.45, 7) is 5.48. The van der Waals surface area contributed by atoms with E-state index in [4.69, 9.17) is 17.3 Å². The Morgan fingerprint density at radius 3 is 2.71 bits per heavy atom. The van der Waals surface area contributed by atoms with Crippen molar-refractivity contribution in [3.63, 3.8) is 0 Å². The number of hydrogen-bond acceptors (Lipinski definition) is 2. The van der Waals surface area contributed by atoms with Crippen molar-refractivity contribution in [1.82, 2.24) is 4.90 Å². The molecule has 0 amide bonds. The van der Waals surface area contributed by atoms with Gasteiger partial charge in [0.05, 0.1) is 0 Å². The second-order valence-corrected chi connectivity index (χ2v) is 5.42. The first-order valence-electron chi connectivity index (χ1n) is 6.41. The van der Waals surface area contributed by atoms with Crippen LogP contribution in [0.4, 0.5) is 0 Å². The summed E-state index contributed by atoms with van der Waals surface area (Å²) in [5.74, 6) is 0.649. The number of halogens is 1. The lowest BCUT2D eigenvalue weighted by Crippen LogP contribution is -2.46. The van der Waals surface area contributed by atoms with E-state index in [-0.39, 0.29) is 0 Å². The molecular formula is C14H21ClN2. The van der Waals surface area contributed by atoms with E-state index in [1.54, 1.807) is 0 Å². The van der Waals surface area contributed by atoms with Gasteiger partial charge < -0.3 is 5.73 Å². The summed E-state index contributed by atoms with van der Waals surface area (Å²) >= 11 is 5.89. The average Bonchev–Trinajstić information content (AvgIpc) is 2.34. The van der Waals surface area contributed by atoms with Gasteiger partial charge in [0.1, 0.15) is 0 Å². The highest BCUT2D eigenvalue weighted by Gasteiger charge is 2.24. The molecule has 1 aromatic rings. The molecule has 94 valence electrons. The molecule has 1 saturated heterocycles. The first-order valence-corrected chi connectivity index (χ1v) is 6.79. The summed E-state index contributed by atoms with van der Waals surface area (Å²) in [5.41, 5.74) is 7.45. The monoisotopic (exact) mass is 252 g/mol. The minimum Gasteiger partial charge on any atom is -0.327 e. The number of hydrogen-bond donors (Lipinski definition) is 1. The molecule has 2 nitrogen and oxygen atoms in total. The van der Waals surface area contributed by atoms with Gasteiger partial charge in [0, 0.05) is 24.2 Å². The Kier molecular flexibility index (Phi) is 4.43. The third kappa shape index (κ3) is 3.44. The molecular weight excluding hydrogens is 232 g/mol. The van der Waals surface area contributed by atoms with Gasteiger partial charge in [-0.05, 0) is 36.6 Å². The standard InChI is InChI=1S/C14H21ClN2/c1-2-12-10-17(8-7-14(12)16)9-11-3-5-13(15)6-4-11/h3-6,12,14H,2,7-10,16H2,1H3. The van der Waals surface area contributed by atoms with E-state index in [1.165, 1.54) is 12.0 Å². The SMILES string of the molecule is CCC1CN(Cc2ccc(Cl)cc2)CCC1N. The van der Waals surface area contributed by atoms with Gasteiger partial charge in [-0.2, -0.15) is 0 Å². The van der Waals surface area contributed by atoms with Gasteiger partial charge in [-0.3, -0.25) is 4.90 Å². The van der Waals surface area contributed by atoms with Crippen molar-refractivity contribution in [3.05, 3.63) is 34.9 Å². The zero-order chi connectivity index (χ0) is 12.3. The highest BCUT2D eigenvalue weighted by molar-refractivity contribution is 6.30. The van der Waals surface area contributed by atoms with Crippen LogP contribution in [0.3, 0.4) is 0 Å². The molecule has 17 heavy (non-hydrogen) atoms. The maximum atomic E-state index is 6.12. The molecule has 0 saturated carbocycles. The molecule has 0 bridgehead atoms. The second-order valence-electron chi connectivity index (χ2n) is 4.98. The Morgan fingerprint density at radius 2 is 2.06 bits per heavy atom. The van der Waals surface area contributed by atoms with Gasteiger partial charge in [0.2, 0.25) is 0 Å². The predicted molar refractivity (Wildman–Crippen MR) is 73.1 cm³/mol. The maximum absolute atomic E-state index is 6.12. The normalized spacial score (nSPS) is 26.1. The van der Waals surface area contributed by atoms with Crippen molar-refractivity contribution in [2.45, 2.75) is 32.4 Å². The minimum absolute atomic E-state index is 0.390. The van der Waals surface area contributed by atoms with Crippen molar-refractivity contribution in [1.29, 1.82) is 0 Å². The van der Waals surface area contributed by atoms with E-state index in [1.807, 2.05) is 12.1 Å². The molecule has 0 aliphatic carbocycles. The average molecular weight is 253 g/mol. The second kappa shape index (κ2) is 5.85. The zero-order valence-electron chi connectivity index (χ0n) is 10.4. The lowest BCUT2D eigenvalue weighted by molar-refractivity contribution is 0.145. The number of piperidine rings is 1. The molecule has 2 rings (SSSR count). The number of nitrogens with zero attached hydrogens (tertiary/aromatic N) is 1. The topological polar surface area (TPSA) is 29.3 Å². The molecule has 1 heterocycles. The van der Waals surface area contributed by atoms with Crippen LogP contribution < -0.4 is 5.73 Å². The fourth-order valence-electron chi connectivity index (χ4n) is 2.55. The Labute approximate surface area is 109 Å². The summed E-state index contributed by atoms with van der Waals surface area (Å²) in [6, 6.07) is 8.53. The van der Waals surface area contributed by atoms with Crippen molar-refractivity contribution in [3.8, 4) is 0 Å². The van der Waals surface area contributed by atoms with Crippen LogP contribution in [0.15, 0.2) is 24.3 Å². The number of likely N-dealkylation sites (tertiary alicyclic amines) is 1. The van der Waals surface area contributed by atoms with Crippen molar-refractivity contribution in [2.75, 3.05) is 13.1 Å². The van der Waals surface area contributed by atoms with Crippen molar-refractivity contribution >= 4 is 11.6 Å². The number of rotatable bonds is 3. The highest BCUT2D eigenvalue weighted by Crippen LogP contribution is 2.20. The van der Waals surface area contributed by atoms with Gasteiger partial charge >= 0.3 is 0 Å². The molecule has 1 aromatic carbocycles. The van der Waals surface area contributed by atoms with E-state index in [0.29, 0.717) is 12.0 Å². The van der Waals surface area contributed by atoms with Crippen LogP contribution in [0.25, 0.3) is 0 Å². The maximum Gasteiger partial charge on any atom is 0.0406 e. The van der Waals surface area contributed by atoms with Crippen LogP contribution in [0, 0.1) is 5.92 Å². The Morgan fingerprint density at radius 1 is 1.35 bits per heavy atom. The Bertz CT molecular complexity index is 350. The molecule has 0 radical (unpaired) electrons. The van der Waals surface area contributed by atoms with Crippen LogP contribution in [0.1, 0.15) is 25.3 Å². The fraction of sp³-hybridized carbons (Fsp3) is 0.571. The highest BCUT2D eigenvalue weighted by atomic mass is 35.5. The van der Waals surface area contributed by atoms with E-state index in [9.17, 15) is 0 Å². The van der Waals surface area contributed by atoms with Gasteiger partial charge in [-0.15, -0.1) is 0 Å². The van der Waals surface area contributed by atoms with Gasteiger partial charge in [0.15, 0.2) is 0 Å². The van der Waals surface area contributed by atoms with Crippen LogP contribution >= 0.6 is 11.6 Å². The number of benzene rings is 1. The molecule has 3 heteroatoms. The van der Waals surface area contributed by atoms with Gasteiger partial charge in [-0.25, -0.2) is 0 Å². The molecule has 1 aliphatic rings. The summed E-state index contributed by atoms with van der Waals surface area (Å²) in [5, 5.41) is 0.806. The molecule has 0 aromatic heterocycles. The number of nitrogens with two attached hydrogens (primary N) is 1. The summed E-state index contributed by atoms with van der Waals surface area (Å²) in [6.07, 6.45) is 2.30. The molecule has 2 N–H and O–H groups in total. The molecule has 1 aliphatic heterocycles. The summed E-state index contributed by atoms with van der Waals surface area (Å²) in [4.78, 5) is 2.50. The van der Waals surface area contributed by atoms with E-state index < -0.39 is 0 Å². The molecule has 2 atom stereocenters. The van der Waals surface area contributed by atoms with Crippen molar-refractivity contribution < 1.29 is 0 Å². The first kappa shape index (κ1) is 12.9. The minimum atomic E-state index is 0.390. The Hall–Kier alpha value is -0.570.